The predicted octanol–water partition coefficient (Wildman–Crippen LogP) is 2.32. The quantitative estimate of drug-likeness (QED) is 0.930. The number of anilines is 1. The first-order valence-electron chi connectivity index (χ1n) is 6.53. The molecule has 0 unspecified atom stereocenters. The summed E-state index contributed by atoms with van der Waals surface area (Å²) in [6, 6.07) is 9.44. The van der Waals surface area contributed by atoms with Crippen LogP contribution in [0.3, 0.4) is 0 Å². The van der Waals surface area contributed by atoms with Crippen molar-refractivity contribution in [3.8, 4) is 5.75 Å². The lowest BCUT2D eigenvalue weighted by atomic mass is 10.1. The van der Waals surface area contributed by atoms with Gasteiger partial charge in [-0.25, -0.2) is 4.68 Å². The molecule has 0 aliphatic carbocycles. The van der Waals surface area contributed by atoms with Crippen molar-refractivity contribution in [3.05, 3.63) is 47.7 Å². The number of nitrogens with zero attached hydrogens (tertiary/aromatic N) is 2. The number of hydrogen-bond donors (Lipinski definition) is 1. The number of aryl methyl sites for hydroxylation is 1. The Morgan fingerprint density at radius 2 is 2.25 bits per heavy atom. The van der Waals surface area contributed by atoms with Gasteiger partial charge >= 0.3 is 0 Å². The zero-order valence-electron chi connectivity index (χ0n) is 11.2. The standard InChI is InChI=1S/C15H15N3O2/c1-2-18-14(7-8-16-18)17-15(19)12-9-11-5-3-4-6-13(11)20-10-12/h3-9H,2,10H2,1H3,(H,17,19). The highest BCUT2D eigenvalue weighted by Crippen LogP contribution is 2.26. The Balaban J connectivity index is 1.81. The van der Waals surface area contributed by atoms with Gasteiger partial charge in [-0.05, 0) is 19.1 Å². The number of para-hydroxylation sites is 1. The van der Waals surface area contributed by atoms with Gasteiger partial charge in [0, 0.05) is 18.2 Å². The highest BCUT2D eigenvalue weighted by molar-refractivity contribution is 6.07. The number of benzene rings is 1. The van der Waals surface area contributed by atoms with Crippen LogP contribution in [0, 0.1) is 0 Å². The third-order valence-corrected chi connectivity index (χ3v) is 3.18. The van der Waals surface area contributed by atoms with Crippen LogP contribution in [-0.4, -0.2) is 22.3 Å². The van der Waals surface area contributed by atoms with Gasteiger partial charge in [0.05, 0.1) is 11.8 Å². The van der Waals surface area contributed by atoms with Crippen molar-refractivity contribution in [3.63, 3.8) is 0 Å². The van der Waals surface area contributed by atoms with E-state index >= 15 is 0 Å². The molecule has 0 atom stereocenters. The molecule has 0 radical (unpaired) electrons. The highest BCUT2D eigenvalue weighted by atomic mass is 16.5. The van der Waals surface area contributed by atoms with Crippen LogP contribution in [0.25, 0.3) is 6.08 Å². The van der Waals surface area contributed by atoms with E-state index in [1.807, 2.05) is 37.3 Å². The van der Waals surface area contributed by atoms with Gasteiger partial charge in [0.1, 0.15) is 18.2 Å². The molecule has 1 aliphatic rings. The summed E-state index contributed by atoms with van der Waals surface area (Å²) in [7, 11) is 0. The predicted molar refractivity (Wildman–Crippen MR) is 76.4 cm³/mol. The molecule has 1 amide bonds. The summed E-state index contributed by atoms with van der Waals surface area (Å²) in [4.78, 5) is 12.2. The van der Waals surface area contributed by atoms with E-state index in [0.717, 1.165) is 11.3 Å². The Labute approximate surface area is 116 Å². The van der Waals surface area contributed by atoms with Crippen molar-refractivity contribution in [2.45, 2.75) is 13.5 Å². The molecule has 2 aromatic rings. The van der Waals surface area contributed by atoms with Gasteiger partial charge in [-0.2, -0.15) is 5.10 Å². The molecule has 102 valence electrons. The smallest absolute Gasteiger partial charge is 0.256 e. The largest absolute Gasteiger partial charge is 0.488 e. The highest BCUT2D eigenvalue weighted by Gasteiger charge is 2.17. The Kier molecular flexibility index (Phi) is 3.25. The van der Waals surface area contributed by atoms with E-state index in [0.29, 0.717) is 17.9 Å². The molecule has 20 heavy (non-hydrogen) atoms. The van der Waals surface area contributed by atoms with E-state index in [1.54, 1.807) is 16.9 Å². The van der Waals surface area contributed by atoms with Crippen molar-refractivity contribution >= 4 is 17.8 Å². The van der Waals surface area contributed by atoms with Gasteiger partial charge in [-0.15, -0.1) is 0 Å². The topological polar surface area (TPSA) is 56.2 Å². The average molecular weight is 269 g/mol. The van der Waals surface area contributed by atoms with E-state index in [1.165, 1.54) is 0 Å². The molecular weight excluding hydrogens is 254 g/mol. The molecule has 0 bridgehead atoms. The summed E-state index contributed by atoms with van der Waals surface area (Å²) in [6.07, 6.45) is 3.53. The summed E-state index contributed by atoms with van der Waals surface area (Å²) in [5.41, 5.74) is 1.53. The zero-order chi connectivity index (χ0) is 13.9. The molecule has 5 heteroatoms. The van der Waals surface area contributed by atoms with Crippen molar-refractivity contribution in [1.29, 1.82) is 0 Å². The summed E-state index contributed by atoms with van der Waals surface area (Å²) >= 11 is 0. The number of carbonyl (C=O) groups excluding carboxylic acids is 1. The van der Waals surface area contributed by atoms with Crippen LogP contribution in [0.5, 0.6) is 5.75 Å². The Morgan fingerprint density at radius 1 is 1.40 bits per heavy atom. The zero-order valence-corrected chi connectivity index (χ0v) is 11.2. The molecule has 5 nitrogen and oxygen atoms in total. The number of rotatable bonds is 3. The minimum atomic E-state index is -0.158. The van der Waals surface area contributed by atoms with Crippen LogP contribution in [0.4, 0.5) is 5.82 Å². The Hall–Kier alpha value is -2.56. The van der Waals surface area contributed by atoms with Crippen molar-refractivity contribution in [2.75, 3.05) is 11.9 Å². The molecule has 1 aromatic carbocycles. The summed E-state index contributed by atoms with van der Waals surface area (Å²) < 4.78 is 7.31. The van der Waals surface area contributed by atoms with E-state index in [-0.39, 0.29) is 12.5 Å². The first kappa shape index (κ1) is 12.5. The second-order valence-corrected chi connectivity index (χ2v) is 4.48. The van der Waals surface area contributed by atoms with Crippen LogP contribution in [0.1, 0.15) is 12.5 Å². The normalized spacial score (nSPS) is 13.2. The molecule has 1 aromatic heterocycles. The molecular formula is C15H15N3O2. The van der Waals surface area contributed by atoms with Crippen molar-refractivity contribution < 1.29 is 9.53 Å². The average Bonchev–Trinajstić information content (AvgIpc) is 2.94. The van der Waals surface area contributed by atoms with E-state index < -0.39 is 0 Å². The van der Waals surface area contributed by atoms with Crippen molar-refractivity contribution in [1.82, 2.24) is 9.78 Å². The lowest BCUT2D eigenvalue weighted by Crippen LogP contribution is -2.22. The molecule has 3 rings (SSSR count). The maximum atomic E-state index is 12.2. The number of hydrogen-bond acceptors (Lipinski definition) is 3. The summed E-state index contributed by atoms with van der Waals surface area (Å²) in [5.74, 6) is 1.34. The molecule has 1 N–H and O–H groups in total. The van der Waals surface area contributed by atoms with E-state index in [4.69, 9.17) is 4.74 Å². The number of amides is 1. The number of carbonyl (C=O) groups is 1. The molecule has 0 spiro atoms. The molecule has 0 fully saturated rings. The second-order valence-electron chi connectivity index (χ2n) is 4.48. The minimum absolute atomic E-state index is 0.158. The lowest BCUT2D eigenvalue weighted by molar-refractivity contribution is -0.113. The maximum absolute atomic E-state index is 12.2. The SMILES string of the molecule is CCn1nccc1NC(=O)C1=Cc2ccccc2OC1. The number of nitrogens with one attached hydrogen (secondary N) is 1. The minimum Gasteiger partial charge on any atom is -0.488 e. The number of fused-ring (bicyclic) bond motifs is 1. The van der Waals surface area contributed by atoms with Gasteiger partial charge < -0.3 is 10.1 Å². The van der Waals surface area contributed by atoms with Gasteiger partial charge in [-0.3, -0.25) is 4.79 Å². The van der Waals surface area contributed by atoms with Crippen LogP contribution in [-0.2, 0) is 11.3 Å². The summed E-state index contributed by atoms with van der Waals surface area (Å²) in [5, 5.41) is 6.98. The van der Waals surface area contributed by atoms with E-state index in [2.05, 4.69) is 10.4 Å². The van der Waals surface area contributed by atoms with Crippen molar-refractivity contribution in [2.24, 2.45) is 0 Å². The third-order valence-electron chi connectivity index (χ3n) is 3.18. The van der Waals surface area contributed by atoms with Crippen LogP contribution in [0.15, 0.2) is 42.1 Å². The fourth-order valence-electron chi connectivity index (χ4n) is 2.13. The second kappa shape index (κ2) is 5.21. The first-order chi connectivity index (χ1) is 9.78. The lowest BCUT2D eigenvalue weighted by Gasteiger charge is -2.17. The Morgan fingerprint density at radius 3 is 3.10 bits per heavy atom. The van der Waals surface area contributed by atoms with Crippen LogP contribution >= 0.6 is 0 Å². The van der Waals surface area contributed by atoms with Gasteiger partial charge in [0.15, 0.2) is 0 Å². The molecule has 0 saturated carbocycles. The maximum Gasteiger partial charge on any atom is 0.256 e. The van der Waals surface area contributed by atoms with Gasteiger partial charge in [-0.1, -0.05) is 18.2 Å². The van der Waals surface area contributed by atoms with Gasteiger partial charge in [0.25, 0.3) is 5.91 Å². The first-order valence-corrected chi connectivity index (χ1v) is 6.53. The molecule has 1 aliphatic heterocycles. The Bertz CT molecular complexity index is 673. The summed E-state index contributed by atoms with van der Waals surface area (Å²) in [6.45, 7) is 2.96. The van der Waals surface area contributed by atoms with E-state index in [9.17, 15) is 4.79 Å². The number of aromatic nitrogens is 2. The van der Waals surface area contributed by atoms with Gasteiger partial charge in [0.2, 0.25) is 0 Å². The molecule has 0 saturated heterocycles. The monoisotopic (exact) mass is 269 g/mol. The molecule has 2 heterocycles. The third kappa shape index (κ3) is 2.30. The number of ether oxygens (including phenoxy) is 1. The fourth-order valence-corrected chi connectivity index (χ4v) is 2.13. The van der Waals surface area contributed by atoms with Crippen LogP contribution < -0.4 is 10.1 Å². The van der Waals surface area contributed by atoms with Crippen LogP contribution in [0.2, 0.25) is 0 Å². The fraction of sp³-hybridized carbons (Fsp3) is 0.200.